The van der Waals surface area contributed by atoms with Gasteiger partial charge >= 0.3 is 183 Å². The molecule has 1 atom stereocenters. The van der Waals surface area contributed by atoms with Gasteiger partial charge in [0.05, 0.1) is 0 Å². The Balaban J connectivity index is 1.92. The average molecular weight is 480 g/mol. The Bertz CT molecular complexity index is 1100. The van der Waals surface area contributed by atoms with E-state index in [1.807, 2.05) is 12.1 Å². The van der Waals surface area contributed by atoms with E-state index >= 15 is 0 Å². The SMILES string of the molecule is CC1=C(C)[CH]([Zr]([CH]2C=C(c3ccccc3F)c3ccccc32)=[Si](C)C)C(C)=C1C. The first-order chi connectivity index (χ1) is 13.8. The van der Waals surface area contributed by atoms with Crippen LogP contribution >= 0.6 is 0 Å². The van der Waals surface area contributed by atoms with Gasteiger partial charge in [0.25, 0.3) is 0 Å². The standard InChI is InChI=1S/C15H10F.C9H13.C2H6Si.Zr/c16-15-8-4-3-7-14(15)13-10-9-11-5-1-2-6-12(11)13;1-6-5-7(2)9(4)8(6)3;1-3-2;/h1-10H;5H,1-4H3;1-2H3;. The fourth-order valence-corrected chi connectivity index (χ4v) is 25.7. The van der Waals surface area contributed by atoms with Crippen LogP contribution in [0.1, 0.15) is 48.0 Å². The molecule has 0 saturated carbocycles. The van der Waals surface area contributed by atoms with E-state index in [9.17, 15) is 4.39 Å². The predicted octanol–water partition coefficient (Wildman–Crippen LogP) is 7.66. The number of hydrogen-bond donors (Lipinski definition) is 0. The molecule has 0 bridgehead atoms. The Morgan fingerprint density at radius 2 is 1.34 bits per heavy atom. The maximum atomic E-state index is 14.7. The van der Waals surface area contributed by atoms with E-state index in [4.69, 9.17) is 0 Å². The molecule has 0 aromatic heterocycles. The van der Waals surface area contributed by atoms with E-state index in [0.29, 0.717) is 7.25 Å². The summed E-state index contributed by atoms with van der Waals surface area (Å²) in [6.07, 6.45) is 2.46. The van der Waals surface area contributed by atoms with Crippen LogP contribution in [0.2, 0.25) is 16.7 Å². The molecule has 0 aliphatic heterocycles. The average Bonchev–Trinajstić information content (AvgIpc) is 3.16. The Hall–Kier alpha value is -1.31. The van der Waals surface area contributed by atoms with Gasteiger partial charge in [0.2, 0.25) is 0 Å². The first-order valence-electron chi connectivity index (χ1n) is 10.4. The molecule has 2 aliphatic carbocycles. The zero-order valence-corrected chi connectivity index (χ0v) is 21.7. The van der Waals surface area contributed by atoms with Crippen molar-refractivity contribution in [3.63, 3.8) is 0 Å². The molecule has 1 unspecified atom stereocenters. The second kappa shape index (κ2) is 8.08. The molecule has 3 heteroatoms. The molecule has 2 aliphatic rings. The molecule has 148 valence electrons. The molecule has 0 N–H and O–H groups in total. The summed E-state index contributed by atoms with van der Waals surface area (Å²) in [7, 11) is 0. The van der Waals surface area contributed by atoms with Crippen molar-refractivity contribution in [1.82, 2.24) is 0 Å². The molecule has 0 heterocycles. The Morgan fingerprint density at radius 3 is 1.93 bits per heavy atom. The van der Waals surface area contributed by atoms with Crippen LogP contribution in [0.4, 0.5) is 4.39 Å². The fraction of sp³-hybridized carbons (Fsp3) is 0.308. The third-order valence-electron chi connectivity index (χ3n) is 6.92. The van der Waals surface area contributed by atoms with E-state index < -0.39 is 25.8 Å². The zero-order chi connectivity index (χ0) is 20.9. The van der Waals surface area contributed by atoms with Crippen molar-refractivity contribution in [2.75, 3.05) is 0 Å². The van der Waals surface area contributed by atoms with E-state index in [1.54, 1.807) is 23.3 Å². The molecule has 29 heavy (non-hydrogen) atoms. The van der Waals surface area contributed by atoms with Crippen LogP contribution in [-0.4, -0.2) is 5.43 Å². The Morgan fingerprint density at radius 1 is 0.793 bits per heavy atom. The Kier molecular flexibility index (Phi) is 5.84. The summed E-state index contributed by atoms with van der Waals surface area (Å²) in [5.74, 6) is -0.113. The van der Waals surface area contributed by atoms with Crippen LogP contribution in [-0.2, 0) is 20.4 Å². The van der Waals surface area contributed by atoms with E-state index in [0.717, 1.165) is 11.1 Å². The summed E-state index contributed by atoms with van der Waals surface area (Å²) in [6.45, 7) is 14.4. The second-order valence-electron chi connectivity index (χ2n) is 8.63. The van der Waals surface area contributed by atoms with E-state index in [1.165, 1.54) is 22.3 Å². The molecule has 4 rings (SSSR count). The molecule has 0 fully saturated rings. The third kappa shape index (κ3) is 3.45. The van der Waals surface area contributed by atoms with Gasteiger partial charge in [-0.3, -0.25) is 0 Å². The minimum atomic E-state index is -1.98. The van der Waals surface area contributed by atoms with Crippen molar-refractivity contribution in [2.45, 2.75) is 48.0 Å². The van der Waals surface area contributed by atoms with Gasteiger partial charge in [-0.2, -0.15) is 0 Å². The van der Waals surface area contributed by atoms with Crippen LogP contribution in [0.5, 0.6) is 0 Å². The topological polar surface area (TPSA) is 0 Å². The summed E-state index contributed by atoms with van der Waals surface area (Å²) in [6, 6.07) is 16.0. The van der Waals surface area contributed by atoms with Crippen LogP contribution in [0.25, 0.3) is 5.57 Å². The van der Waals surface area contributed by atoms with Crippen molar-refractivity contribution in [1.29, 1.82) is 0 Å². The molecule has 2 aromatic rings. The van der Waals surface area contributed by atoms with Gasteiger partial charge in [0, 0.05) is 0 Å². The maximum absolute atomic E-state index is 14.7. The number of benzene rings is 2. The summed E-state index contributed by atoms with van der Waals surface area (Å²) in [4.78, 5) is 0. The number of fused-ring (bicyclic) bond motifs is 1. The Labute approximate surface area is 182 Å². The van der Waals surface area contributed by atoms with Gasteiger partial charge in [-0.05, 0) is 0 Å². The molecule has 0 spiro atoms. The predicted molar refractivity (Wildman–Crippen MR) is 121 cm³/mol. The number of rotatable bonds is 3. The summed E-state index contributed by atoms with van der Waals surface area (Å²) >= 11 is -1.98. The van der Waals surface area contributed by atoms with Crippen LogP contribution in [0, 0.1) is 5.82 Å². The number of halogens is 1. The summed E-state index contributed by atoms with van der Waals surface area (Å²) < 4.78 is 15.9. The fourth-order valence-electron chi connectivity index (χ4n) is 5.13. The molecule has 2 aromatic carbocycles. The van der Waals surface area contributed by atoms with E-state index in [-0.39, 0.29) is 5.82 Å². The zero-order valence-electron chi connectivity index (χ0n) is 18.2. The van der Waals surface area contributed by atoms with Crippen molar-refractivity contribution in [3.05, 3.63) is 99.4 Å². The molecular weight excluding hydrogens is 451 g/mol. The number of allylic oxidation sites excluding steroid dienone is 5. The molecule has 0 nitrogen and oxygen atoms in total. The van der Waals surface area contributed by atoms with Gasteiger partial charge in [-0.1, -0.05) is 0 Å². The summed E-state index contributed by atoms with van der Waals surface area (Å²) in [5, 5.41) is 0. The molecule has 0 radical (unpaired) electrons. The van der Waals surface area contributed by atoms with Crippen molar-refractivity contribution < 1.29 is 24.8 Å². The normalized spacial score (nSPS) is 19.0. The van der Waals surface area contributed by atoms with Gasteiger partial charge in [0.15, 0.2) is 0 Å². The van der Waals surface area contributed by atoms with Gasteiger partial charge in [-0.15, -0.1) is 0 Å². The molecular formula is C26H29FSiZr. The first kappa shape index (κ1) is 20.9. The minimum absolute atomic E-state index is 0.113. The quantitative estimate of drug-likeness (QED) is 0.396. The molecule has 0 amide bonds. The van der Waals surface area contributed by atoms with Crippen LogP contribution in [0.15, 0.2) is 76.9 Å². The molecule has 0 saturated heterocycles. The van der Waals surface area contributed by atoms with Gasteiger partial charge in [-0.25, -0.2) is 0 Å². The first-order valence-corrected chi connectivity index (χ1v) is 19.4. The van der Waals surface area contributed by atoms with E-state index in [2.05, 4.69) is 71.1 Å². The van der Waals surface area contributed by atoms with Gasteiger partial charge in [0.1, 0.15) is 0 Å². The number of hydrogen-bond acceptors (Lipinski definition) is 0. The monoisotopic (exact) mass is 478 g/mol. The summed E-state index contributed by atoms with van der Waals surface area (Å²) in [5.41, 5.74) is 10.4. The second-order valence-corrected chi connectivity index (χ2v) is 26.6. The van der Waals surface area contributed by atoms with Crippen molar-refractivity contribution in [3.8, 4) is 0 Å². The van der Waals surface area contributed by atoms with Crippen LogP contribution < -0.4 is 0 Å². The van der Waals surface area contributed by atoms with Crippen molar-refractivity contribution in [2.24, 2.45) is 0 Å². The van der Waals surface area contributed by atoms with Gasteiger partial charge < -0.3 is 0 Å². The van der Waals surface area contributed by atoms with Crippen LogP contribution in [0.3, 0.4) is 0 Å². The van der Waals surface area contributed by atoms with Crippen molar-refractivity contribution >= 4 is 11.0 Å². The third-order valence-corrected chi connectivity index (χ3v) is 26.6.